The smallest absolute Gasteiger partial charge is 0.268 e. The van der Waals surface area contributed by atoms with Gasteiger partial charge in [-0.15, -0.1) is 0 Å². The molecular weight excluding hydrogens is 386 g/mol. The summed E-state index contributed by atoms with van der Waals surface area (Å²) in [6.07, 6.45) is 8.38. The van der Waals surface area contributed by atoms with Crippen LogP contribution in [0, 0.1) is 5.92 Å². The van der Waals surface area contributed by atoms with Crippen molar-refractivity contribution in [2.75, 3.05) is 52.9 Å². The second-order valence-electron chi connectivity index (χ2n) is 10.0. The van der Waals surface area contributed by atoms with Gasteiger partial charge in [-0.2, -0.15) is 0 Å². The highest BCUT2D eigenvalue weighted by atomic mass is 16.2. The van der Waals surface area contributed by atoms with Crippen molar-refractivity contribution in [3.8, 4) is 0 Å². The van der Waals surface area contributed by atoms with E-state index < -0.39 is 0 Å². The largest absolute Gasteiger partial charge is 0.306 e. The van der Waals surface area contributed by atoms with Gasteiger partial charge in [0, 0.05) is 50.9 Å². The van der Waals surface area contributed by atoms with E-state index in [0.717, 1.165) is 38.4 Å². The fourth-order valence-corrected chi connectivity index (χ4v) is 5.42. The van der Waals surface area contributed by atoms with Gasteiger partial charge in [-0.25, -0.2) is 5.84 Å². The van der Waals surface area contributed by atoms with E-state index in [-0.39, 0.29) is 11.9 Å². The number of likely N-dealkylation sites (tertiary alicyclic amines) is 1. The maximum Gasteiger partial charge on any atom is 0.268 e. The molecule has 172 valence electrons. The van der Waals surface area contributed by atoms with Crippen molar-refractivity contribution in [1.82, 2.24) is 19.7 Å². The number of hydrogen-bond acceptors (Lipinski definition) is 5. The molecule has 6 nitrogen and oxygen atoms in total. The van der Waals surface area contributed by atoms with Crippen LogP contribution in [0.1, 0.15) is 60.9 Å². The third-order valence-corrected chi connectivity index (χ3v) is 7.63. The van der Waals surface area contributed by atoms with Gasteiger partial charge in [-0.05, 0) is 69.4 Å². The van der Waals surface area contributed by atoms with Crippen LogP contribution >= 0.6 is 0 Å². The summed E-state index contributed by atoms with van der Waals surface area (Å²) in [7, 11) is 2.24. The Morgan fingerprint density at radius 3 is 2.16 bits per heavy atom. The quantitative estimate of drug-likeness (QED) is 0.430. The van der Waals surface area contributed by atoms with Crippen molar-refractivity contribution in [2.24, 2.45) is 11.8 Å². The van der Waals surface area contributed by atoms with Crippen molar-refractivity contribution in [3.63, 3.8) is 0 Å². The predicted molar refractivity (Wildman–Crippen MR) is 126 cm³/mol. The molecule has 4 rings (SSSR count). The molecule has 0 aromatic heterocycles. The van der Waals surface area contributed by atoms with Crippen LogP contribution in [0.25, 0.3) is 0 Å². The molecule has 1 aromatic carbocycles. The summed E-state index contributed by atoms with van der Waals surface area (Å²) in [5.74, 6) is 7.00. The first-order chi connectivity index (χ1) is 15.1. The summed E-state index contributed by atoms with van der Waals surface area (Å²) in [6, 6.07) is 8.32. The van der Waals surface area contributed by atoms with Crippen LogP contribution in [-0.4, -0.2) is 84.5 Å². The van der Waals surface area contributed by atoms with Crippen molar-refractivity contribution >= 4 is 5.91 Å². The molecule has 1 aliphatic carbocycles. The lowest BCUT2D eigenvalue weighted by Crippen LogP contribution is -2.48. The first-order valence-corrected chi connectivity index (χ1v) is 12.4. The maximum absolute atomic E-state index is 12.7. The van der Waals surface area contributed by atoms with Crippen molar-refractivity contribution in [3.05, 3.63) is 35.4 Å². The molecule has 2 saturated heterocycles. The molecule has 1 amide bonds. The normalized spacial score (nSPS) is 23.2. The number of hydrogen-bond donors (Lipinski definition) is 1. The van der Waals surface area contributed by atoms with Gasteiger partial charge in [-0.3, -0.25) is 14.7 Å². The summed E-state index contributed by atoms with van der Waals surface area (Å²) in [4.78, 5) is 20.4. The molecule has 1 saturated carbocycles. The van der Waals surface area contributed by atoms with E-state index >= 15 is 0 Å². The number of benzene rings is 1. The highest BCUT2D eigenvalue weighted by molar-refractivity contribution is 5.94. The van der Waals surface area contributed by atoms with Crippen LogP contribution in [0.5, 0.6) is 0 Å². The lowest BCUT2D eigenvalue weighted by atomic mass is 9.94. The second kappa shape index (κ2) is 10.9. The van der Waals surface area contributed by atoms with Gasteiger partial charge in [0.25, 0.3) is 5.91 Å². The zero-order valence-electron chi connectivity index (χ0n) is 19.3. The number of nitrogens with zero attached hydrogens (tertiary/aromatic N) is 4. The molecule has 0 atom stereocenters. The first kappa shape index (κ1) is 22.7. The van der Waals surface area contributed by atoms with Crippen LogP contribution in [0.2, 0.25) is 0 Å². The molecule has 3 aliphatic rings. The third kappa shape index (κ3) is 6.28. The van der Waals surface area contributed by atoms with Crippen LogP contribution in [0.4, 0.5) is 0 Å². The molecule has 31 heavy (non-hydrogen) atoms. The van der Waals surface area contributed by atoms with Crippen molar-refractivity contribution in [2.45, 2.75) is 57.5 Å². The van der Waals surface area contributed by atoms with Crippen LogP contribution in [-0.2, 0) is 6.54 Å². The second-order valence-corrected chi connectivity index (χ2v) is 10.0. The molecule has 0 unspecified atom stereocenters. The number of amides is 1. The zero-order valence-corrected chi connectivity index (χ0v) is 19.3. The average Bonchev–Trinajstić information content (AvgIpc) is 2.82. The molecule has 2 N–H and O–H groups in total. The van der Waals surface area contributed by atoms with E-state index in [4.69, 9.17) is 5.84 Å². The number of piperazine rings is 1. The minimum absolute atomic E-state index is 0.0408. The van der Waals surface area contributed by atoms with Crippen molar-refractivity contribution in [1.29, 1.82) is 0 Å². The molecular formula is C25H41N5O. The molecule has 6 heteroatoms. The minimum Gasteiger partial charge on any atom is -0.306 e. The first-order valence-electron chi connectivity index (χ1n) is 12.4. The Labute approximate surface area is 188 Å². The van der Waals surface area contributed by atoms with Crippen LogP contribution < -0.4 is 5.84 Å². The van der Waals surface area contributed by atoms with Gasteiger partial charge in [0.1, 0.15) is 0 Å². The zero-order chi connectivity index (χ0) is 21.6. The van der Waals surface area contributed by atoms with Gasteiger partial charge >= 0.3 is 0 Å². The summed E-state index contributed by atoms with van der Waals surface area (Å²) in [5, 5.41) is 1.48. The Balaban J connectivity index is 1.21. The molecule has 0 bridgehead atoms. The lowest BCUT2D eigenvalue weighted by molar-refractivity contribution is 0.0633. The van der Waals surface area contributed by atoms with Gasteiger partial charge < -0.3 is 9.80 Å². The number of carbonyl (C=O) groups excluding carboxylic acids is 1. The molecule has 2 heterocycles. The fourth-order valence-electron chi connectivity index (χ4n) is 5.42. The summed E-state index contributed by atoms with van der Waals surface area (Å²) >= 11 is 0. The Hall–Kier alpha value is -1.47. The molecule has 2 aliphatic heterocycles. The van der Waals surface area contributed by atoms with Crippen LogP contribution in [0.15, 0.2) is 24.3 Å². The number of carbonyl (C=O) groups is 1. The molecule has 1 aromatic rings. The Morgan fingerprint density at radius 1 is 0.903 bits per heavy atom. The maximum atomic E-state index is 12.7. The lowest BCUT2D eigenvalue weighted by Gasteiger charge is -2.38. The van der Waals surface area contributed by atoms with Crippen molar-refractivity contribution < 1.29 is 4.79 Å². The van der Waals surface area contributed by atoms with Gasteiger partial charge in [0.2, 0.25) is 0 Å². The van der Waals surface area contributed by atoms with Gasteiger partial charge in [0.05, 0.1) is 0 Å². The number of hydrazine groups is 1. The van der Waals surface area contributed by atoms with E-state index in [1.165, 1.54) is 75.4 Å². The Bertz CT molecular complexity index is 686. The number of nitrogens with two attached hydrogens (primary N) is 1. The highest BCUT2D eigenvalue weighted by Gasteiger charge is 2.25. The highest BCUT2D eigenvalue weighted by Crippen LogP contribution is 2.22. The van der Waals surface area contributed by atoms with E-state index in [0.29, 0.717) is 5.56 Å². The average molecular weight is 428 g/mol. The third-order valence-electron chi connectivity index (χ3n) is 7.63. The van der Waals surface area contributed by atoms with E-state index in [2.05, 4.69) is 33.9 Å². The van der Waals surface area contributed by atoms with E-state index in [1.54, 1.807) is 0 Å². The predicted octanol–water partition coefficient (Wildman–Crippen LogP) is 2.79. The minimum atomic E-state index is -0.0408. The molecule has 3 fully saturated rings. The summed E-state index contributed by atoms with van der Waals surface area (Å²) in [6.45, 7) is 9.36. The topological polar surface area (TPSA) is 56.0 Å². The monoisotopic (exact) mass is 427 g/mol. The molecule has 0 spiro atoms. The summed E-state index contributed by atoms with van der Waals surface area (Å²) < 4.78 is 0. The number of rotatable bonds is 6. The number of piperidine rings is 1. The Morgan fingerprint density at radius 2 is 1.52 bits per heavy atom. The van der Waals surface area contributed by atoms with E-state index in [1.807, 2.05) is 12.1 Å². The SMILES string of the molecule is CN1CCC(CN2CCN(Cc3ccc(C(=O)N(N)C4CCCCC4)cc3)CC2)CC1. The Kier molecular flexibility index (Phi) is 7.99. The van der Waals surface area contributed by atoms with Gasteiger partial charge in [0.15, 0.2) is 0 Å². The fraction of sp³-hybridized carbons (Fsp3) is 0.720. The van der Waals surface area contributed by atoms with Crippen LogP contribution in [0.3, 0.4) is 0 Å². The summed E-state index contributed by atoms with van der Waals surface area (Å²) in [5.41, 5.74) is 1.99. The standard InChI is InChI=1S/C25H41N5O/c1-27-13-11-22(12-14-27)20-29-17-15-28(16-18-29)19-21-7-9-23(10-8-21)25(31)30(26)24-5-3-2-4-6-24/h7-10,22,24H,2-6,11-20,26H2,1H3. The van der Waals surface area contributed by atoms with Gasteiger partial charge in [-0.1, -0.05) is 31.4 Å². The van der Waals surface area contributed by atoms with E-state index in [9.17, 15) is 4.79 Å². The molecule has 0 radical (unpaired) electrons.